The molecule has 10 nitrogen and oxygen atoms in total. The number of hydrogen-bond acceptors (Lipinski definition) is 6. The first-order chi connectivity index (χ1) is 14.1. The minimum atomic E-state index is -3.58. The van der Waals surface area contributed by atoms with Crippen molar-refractivity contribution in [3.8, 4) is 0 Å². The maximum atomic E-state index is 12.4. The lowest BCUT2D eigenvalue weighted by Gasteiger charge is -2.32. The minimum absolute atomic E-state index is 0.0120. The number of amides is 4. The van der Waals surface area contributed by atoms with Crippen LogP contribution < -0.4 is 15.5 Å². The fraction of sp³-hybridized carbons (Fsp3) is 0.526. The molecule has 1 atom stereocenters. The van der Waals surface area contributed by atoms with Crippen LogP contribution in [0.25, 0.3) is 0 Å². The number of hydrazine groups is 1. The van der Waals surface area contributed by atoms with Gasteiger partial charge in [0.1, 0.15) is 5.54 Å². The van der Waals surface area contributed by atoms with Crippen molar-refractivity contribution >= 4 is 27.9 Å². The Morgan fingerprint density at radius 3 is 2.40 bits per heavy atom. The minimum Gasteiger partial charge on any atom is -0.322 e. The molecule has 2 saturated heterocycles. The average molecular weight is 438 g/mol. The summed E-state index contributed by atoms with van der Waals surface area (Å²) in [6, 6.07) is 7.32. The van der Waals surface area contributed by atoms with Gasteiger partial charge in [-0.1, -0.05) is 25.1 Å². The van der Waals surface area contributed by atoms with E-state index in [9.17, 15) is 22.8 Å². The summed E-state index contributed by atoms with van der Waals surface area (Å²) in [6.07, 6.45) is 1.52. The molecule has 4 amide bonds. The monoisotopic (exact) mass is 437 g/mol. The Morgan fingerprint density at radius 1 is 1.20 bits per heavy atom. The number of imide groups is 1. The van der Waals surface area contributed by atoms with Gasteiger partial charge in [0, 0.05) is 19.1 Å². The summed E-state index contributed by atoms with van der Waals surface area (Å²) in [5.74, 6) is -0.959. The molecule has 0 radical (unpaired) electrons. The highest BCUT2D eigenvalue weighted by Crippen LogP contribution is 2.19. The van der Waals surface area contributed by atoms with Crippen molar-refractivity contribution in [2.75, 3.05) is 19.6 Å². The highest BCUT2D eigenvalue weighted by molar-refractivity contribution is 7.89. The van der Waals surface area contributed by atoms with E-state index in [4.69, 9.17) is 0 Å². The number of hydrogen-bond donors (Lipinski definition) is 3. The fourth-order valence-electron chi connectivity index (χ4n) is 3.48. The molecule has 2 heterocycles. The molecule has 0 aliphatic carbocycles. The van der Waals surface area contributed by atoms with Gasteiger partial charge >= 0.3 is 6.03 Å². The number of piperidine rings is 1. The van der Waals surface area contributed by atoms with Crippen molar-refractivity contribution in [1.29, 1.82) is 0 Å². The summed E-state index contributed by atoms with van der Waals surface area (Å²) in [5.41, 5.74) is 1.35. The molecule has 2 aliphatic heterocycles. The summed E-state index contributed by atoms with van der Waals surface area (Å²) in [7, 11) is -3.58. The van der Waals surface area contributed by atoms with Crippen LogP contribution in [0.2, 0.25) is 0 Å². The molecular weight excluding hydrogens is 410 g/mol. The molecule has 164 valence electrons. The van der Waals surface area contributed by atoms with Crippen molar-refractivity contribution in [2.45, 2.75) is 49.6 Å². The number of sulfonamides is 1. The Balaban J connectivity index is 1.47. The number of carbonyl (C=O) groups excluding carboxylic acids is 3. The maximum Gasteiger partial charge on any atom is 0.344 e. The molecule has 3 N–H and O–H groups in total. The smallest absolute Gasteiger partial charge is 0.322 e. The van der Waals surface area contributed by atoms with E-state index in [0.29, 0.717) is 32.4 Å². The van der Waals surface area contributed by atoms with Crippen LogP contribution in [0.5, 0.6) is 0 Å². The summed E-state index contributed by atoms with van der Waals surface area (Å²) in [6.45, 7) is 4.43. The maximum absolute atomic E-state index is 12.4. The van der Waals surface area contributed by atoms with Gasteiger partial charge in [-0.05, 0) is 38.3 Å². The number of likely N-dealkylation sites (tertiary alicyclic amines) is 1. The second-order valence-corrected chi connectivity index (χ2v) is 9.49. The zero-order valence-electron chi connectivity index (χ0n) is 17.1. The third-order valence-electron chi connectivity index (χ3n) is 5.53. The molecular formula is C19H27N5O5S. The van der Waals surface area contributed by atoms with E-state index < -0.39 is 33.4 Å². The van der Waals surface area contributed by atoms with E-state index in [-0.39, 0.29) is 17.5 Å². The molecule has 2 aliphatic rings. The van der Waals surface area contributed by atoms with Crippen LogP contribution in [0, 0.1) is 0 Å². The van der Waals surface area contributed by atoms with E-state index in [2.05, 4.69) is 15.5 Å². The molecule has 0 bridgehead atoms. The summed E-state index contributed by atoms with van der Waals surface area (Å²) < 4.78 is 27.6. The van der Waals surface area contributed by atoms with Crippen molar-refractivity contribution in [3.05, 3.63) is 30.3 Å². The van der Waals surface area contributed by atoms with Gasteiger partial charge in [-0.25, -0.2) is 17.9 Å². The second kappa shape index (κ2) is 8.70. The molecule has 11 heteroatoms. The molecule has 2 fully saturated rings. The second-order valence-electron chi connectivity index (χ2n) is 7.78. The average Bonchev–Trinajstić information content (AvgIpc) is 2.93. The van der Waals surface area contributed by atoms with E-state index in [1.165, 1.54) is 0 Å². The predicted molar refractivity (Wildman–Crippen MR) is 108 cm³/mol. The Morgan fingerprint density at radius 2 is 1.83 bits per heavy atom. The Kier molecular flexibility index (Phi) is 6.44. The van der Waals surface area contributed by atoms with Gasteiger partial charge in [0.2, 0.25) is 10.0 Å². The largest absolute Gasteiger partial charge is 0.344 e. The third-order valence-corrected chi connectivity index (χ3v) is 7.07. The molecule has 0 spiro atoms. The van der Waals surface area contributed by atoms with Crippen LogP contribution >= 0.6 is 0 Å². The first-order valence-corrected chi connectivity index (χ1v) is 11.4. The van der Waals surface area contributed by atoms with Gasteiger partial charge in [-0.3, -0.25) is 19.9 Å². The SMILES string of the molecule is CCC1(C)NC(=O)N(NC(=O)CN2CCC(NS(=O)(=O)c3ccccc3)CC2)C1=O. The molecule has 0 saturated carbocycles. The number of carbonyl (C=O) groups is 3. The lowest BCUT2D eigenvalue weighted by atomic mass is 10.00. The molecule has 1 aromatic carbocycles. The van der Waals surface area contributed by atoms with Gasteiger partial charge in [0.05, 0.1) is 11.4 Å². The normalized spacial score (nSPS) is 23.5. The topological polar surface area (TPSA) is 128 Å². The third kappa shape index (κ3) is 4.79. The molecule has 1 unspecified atom stereocenters. The van der Waals surface area contributed by atoms with Gasteiger partial charge in [-0.2, -0.15) is 5.01 Å². The van der Waals surface area contributed by atoms with E-state index in [1.807, 2.05) is 4.90 Å². The van der Waals surface area contributed by atoms with E-state index >= 15 is 0 Å². The van der Waals surface area contributed by atoms with Crippen molar-refractivity contribution < 1.29 is 22.8 Å². The Labute approximate surface area is 176 Å². The zero-order valence-corrected chi connectivity index (χ0v) is 17.9. The van der Waals surface area contributed by atoms with Crippen LogP contribution in [0.1, 0.15) is 33.1 Å². The van der Waals surface area contributed by atoms with Gasteiger partial charge in [0.25, 0.3) is 11.8 Å². The Hall–Kier alpha value is -2.50. The van der Waals surface area contributed by atoms with Crippen LogP contribution in [0.3, 0.4) is 0 Å². The zero-order chi connectivity index (χ0) is 21.9. The molecule has 0 aromatic heterocycles. The molecule has 1 aromatic rings. The molecule has 30 heavy (non-hydrogen) atoms. The van der Waals surface area contributed by atoms with Gasteiger partial charge < -0.3 is 5.32 Å². The predicted octanol–water partition coefficient (Wildman–Crippen LogP) is 0.181. The van der Waals surface area contributed by atoms with Crippen molar-refractivity contribution in [1.82, 2.24) is 25.4 Å². The van der Waals surface area contributed by atoms with Gasteiger partial charge in [-0.15, -0.1) is 0 Å². The number of nitrogens with zero attached hydrogens (tertiary/aromatic N) is 2. The first kappa shape index (κ1) is 22.2. The van der Waals surface area contributed by atoms with Crippen LogP contribution in [0.15, 0.2) is 35.2 Å². The number of urea groups is 1. The number of nitrogens with one attached hydrogen (secondary N) is 3. The Bertz CT molecular complexity index is 915. The number of rotatable bonds is 7. The summed E-state index contributed by atoms with van der Waals surface area (Å²) in [4.78, 5) is 38.7. The number of benzene rings is 1. The van der Waals surface area contributed by atoms with Crippen LogP contribution in [-0.2, 0) is 19.6 Å². The van der Waals surface area contributed by atoms with Crippen LogP contribution in [0.4, 0.5) is 4.79 Å². The highest BCUT2D eigenvalue weighted by atomic mass is 32.2. The first-order valence-electron chi connectivity index (χ1n) is 9.90. The van der Waals surface area contributed by atoms with Crippen molar-refractivity contribution in [2.24, 2.45) is 0 Å². The fourth-order valence-corrected chi connectivity index (χ4v) is 4.81. The lowest BCUT2D eigenvalue weighted by Crippen LogP contribution is -2.52. The van der Waals surface area contributed by atoms with Crippen molar-refractivity contribution in [3.63, 3.8) is 0 Å². The highest BCUT2D eigenvalue weighted by Gasteiger charge is 2.47. The van der Waals surface area contributed by atoms with E-state index in [1.54, 1.807) is 44.2 Å². The molecule has 3 rings (SSSR count). The quantitative estimate of drug-likeness (QED) is 0.522. The summed E-state index contributed by atoms with van der Waals surface area (Å²) >= 11 is 0. The standard InChI is InChI=1S/C19H27N5O5S/c1-3-19(2)17(26)24(18(27)20-19)21-16(25)13-23-11-9-14(10-12-23)22-30(28,29)15-7-5-4-6-8-15/h4-8,14,22H,3,9-13H2,1-2H3,(H,20,27)(H,21,25). The van der Waals surface area contributed by atoms with E-state index in [0.717, 1.165) is 5.01 Å². The summed E-state index contributed by atoms with van der Waals surface area (Å²) in [5, 5.41) is 3.30. The van der Waals surface area contributed by atoms with Crippen LogP contribution in [-0.4, -0.2) is 67.4 Å². The van der Waals surface area contributed by atoms with Gasteiger partial charge in [0.15, 0.2) is 0 Å². The lowest BCUT2D eigenvalue weighted by molar-refractivity contribution is -0.139.